The van der Waals surface area contributed by atoms with Gasteiger partial charge in [0.2, 0.25) is 11.8 Å². The molecule has 0 aromatic carbocycles. The zero-order valence-electron chi connectivity index (χ0n) is 11.1. The van der Waals surface area contributed by atoms with Gasteiger partial charge in [-0.05, 0) is 12.3 Å². The molecule has 0 spiro atoms. The molecule has 1 unspecified atom stereocenters. The first-order valence-electron chi connectivity index (χ1n) is 6.21. The number of carbonyl (C=O) groups excluding carboxylic acids is 3. The highest BCUT2D eigenvalue weighted by Crippen LogP contribution is 2.13. The topological polar surface area (TPSA) is 75.7 Å². The molecule has 0 radical (unpaired) electrons. The van der Waals surface area contributed by atoms with E-state index in [1.165, 1.54) is 0 Å². The summed E-state index contributed by atoms with van der Waals surface area (Å²) < 4.78 is 5.33. The van der Waals surface area contributed by atoms with E-state index in [1.807, 2.05) is 13.8 Å². The summed E-state index contributed by atoms with van der Waals surface area (Å²) >= 11 is 0. The predicted molar refractivity (Wildman–Crippen MR) is 64.7 cm³/mol. The molecule has 1 fully saturated rings. The molecule has 6 nitrogen and oxygen atoms in total. The average molecular weight is 256 g/mol. The van der Waals surface area contributed by atoms with Gasteiger partial charge in [0.05, 0.1) is 13.2 Å². The highest BCUT2D eigenvalue weighted by Gasteiger charge is 2.38. The molecule has 102 valence electrons. The van der Waals surface area contributed by atoms with Gasteiger partial charge < -0.3 is 4.74 Å². The van der Waals surface area contributed by atoms with Crippen molar-refractivity contribution in [1.82, 2.24) is 10.2 Å². The summed E-state index contributed by atoms with van der Waals surface area (Å²) in [6, 6.07) is -0.650. The molecule has 6 heteroatoms. The summed E-state index contributed by atoms with van der Waals surface area (Å²) in [5.41, 5.74) is 0. The Bertz CT molecular complexity index is 341. The lowest BCUT2D eigenvalue weighted by molar-refractivity contribution is -0.143. The number of barbiturate groups is 1. The van der Waals surface area contributed by atoms with Crippen LogP contribution in [0.2, 0.25) is 0 Å². The molecule has 4 amide bonds. The Morgan fingerprint density at radius 1 is 1.33 bits per heavy atom. The summed E-state index contributed by atoms with van der Waals surface area (Å²) in [5, 5.41) is 2.18. The summed E-state index contributed by atoms with van der Waals surface area (Å²) in [7, 11) is 0. The number of urea groups is 1. The monoisotopic (exact) mass is 256 g/mol. The van der Waals surface area contributed by atoms with Crippen LogP contribution in [0.4, 0.5) is 4.79 Å². The third-order valence-electron chi connectivity index (χ3n) is 2.67. The smallest absolute Gasteiger partial charge is 0.330 e. The van der Waals surface area contributed by atoms with E-state index < -0.39 is 23.8 Å². The number of imide groups is 2. The Hall–Kier alpha value is -1.43. The van der Waals surface area contributed by atoms with Crippen LogP contribution >= 0.6 is 0 Å². The Kier molecular flexibility index (Phi) is 5.27. The average Bonchev–Trinajstić information content (AvgIpc) is 2.27. The molecule has 1 heterocycles. The number of rotatable bonds is 6. The highest BCUT2D eigenvalue weighted by molar-refractivity contribution is 6.16. The fraction of sp³-hybridized carbons (Fsp3) is 0.750. The van der Waals surface area contributed by atoms with Crippen LogP contribution in [0, 0.1) is 11.8 Å². The molecular weight excluding hydrogens is 236 g/mol. The maximum absolute atomic E-state index is 11.9. The van der Waals surface area contributed by atoms with Crippen molar-refractivity contribution in [3.05, 3.63) is 0 Å². The van der Waals surface area contributed by atoms with Gasteiger partial charge in [-0.1, -0.05) is 20.8 Å². The van der Waals surface area contributed by atoms with Crippen molar-refractivity contribution < 1.29 is 19.1 Å². The summed E-state index contributed by atoms with van der Waals surface area (Å²) in [4.78, 5) is 35.9. The lowest BCUT2D eigenvalue weighted by Gasteiger charge is -2.29. The standard InChI is InChI=1S/C12H20N2O4/c1-4-9-10(15)13-12(17)14(11(9)16)5-6-18-7-8(2)3/h8-9H,4-7H2,1-3H3,(H,13,15,17). The van der Waals surface area contributed by atoms with Crippen molar-refractivity contribution in [2.75, 3.05) is 19.8 Å². The molecule has 1 N–H and O–H groups in total. The van der Waals surface area contributed by atoms with Crippen molar-refractivity contribution >= 4 is 17.8 Å². The van der Waals surface area contributed by atoms with Crippen molar-refractivity contribution in [2.45, 2.75) is 27.2 Å². The first-order valence-corrected chi connectivity index (χ1v) is 6.21. The van der Waals surface area contributed by atoms with Crippen molar-refractivity contribution in [1.29, 1.82) is 0 Å². The number of nitrogens with zero attached hydrogens (tertiary/aromatic N) is 1. The minimum atomic E-state index is -0.757. The van der Waals surface area contributed by atoms with Crippen molar-refractivity contribution in [3.8, 4) is 0 Å². The number of amides is 4. The van der Waals surface area contributed by atoms with Crippen LogP contribution in [0.15, 0.2) is 0 Å². The largest absolute Gasteiger partial charge is 0.379 e. The van der Waals surface area contributed by atoms with Gasteiger partial charge in [-0.3, -0.25) is 19.8 Å². The normalized spacial score (nSPS) is 20.6. The molecule has 0 aromatic heterocycles. The van der Waals surface area contributed by atoms with Crippen LogP contribution in [0.5, 0.6) is 0 Å². The molecule has 0 bridgehead atoms. The Morgan fingerprint density at radius 2 is 2.00 bits per heavy atom. The number of hydrogen-bond acceptors (Lipinski definition) is 4. The molecule has 0 aliphatic carbocycles. The molecule has 1 saturated heterocycles. The van der Waals surface area contributed by atoms with Crippen LogP contribution in [-0.4, -0.2) is 42.5 Å². The third-order valence-corrected chi connectivity index (χ3v) is 2.67. The van der Waals surface area contributed by atoms with Gasteiger partial charge in [0.15, 0.2) is 0 Å². The maximum atomic E-state index is 11.9. The first-order chi connectivity index (χ1) is 8.47. The van der Waals surface area contributed by atoms with E-state index in [9.17, 15) is 14.4 Å². The zero-order chi connectivity index (χ0) is 13.7. The van der Waals surface area contributed by atoms with Crippen LogP contribution in [0.1, 0.15) is 27.2 Å². The third kappa shape index (κ3) is 3.53. The van der Waals surface area contributed by atoms with Gasteiger partial charge in [-0.25, -0.2) is 4.79 Å². The van der Waals surface area contributed by atoms with Gasteiger partial charge in [0, 0.05) is 6.61 Å². The van der Waals surface area contributed by atoms with Crippen LogP contribution in [0.3, 0.4) is 0 Å². The SMILES string of the molecule is CCC1C(=O)NC(=O)N(CCOCC(C)C)C1=O. The van der Waals surface area contributed by atoms with E-state index in [4.69, 9.17) is 4.74 Å². The second kappa shape index (κ2) is 6.49. The summed E-state index contributed by atoms with van der Waals surface area (Å²) in [6.07, 6.45) is 0.390. The molecule has 0 saturated carbocycles. The van der Waals surface area contributed by atoms with Crippen molar-refractivity contribution in [2.24, 2.45) is 11.8 Å². The lowest BCUT2D eigenvalue weighted by atomic mass is 10.0. The zero-order valence-corrected chi connectivity index (χ0v) is 11.1. The maximum Gasteiger partial charge on any atom is 0.330 e. The van der Waals surface area contributed by atoms with Gasteiger partial charge in [0.1, 0.15) is 5.92 Å². The van der Waals surface area contributed by atoms with E-state index in [-0.39, 0.29) is 6.54 Å². The van der Waals surface area contributed by atoms with Gasteiger partial charge in [-0.15, -0.1) is 0 Å². The van der Waals surface area contributed by atoms with Gasteiger partial charge in [-0.2, -0.15) is 0 Å². The summed E-state index contributed by atoms with van der Waals surface area (Å²) in [6.45, 7) is 6.84. The molecular formula is C12H20N2O4. The van der Waals surface area contributed by atoms with E-state index in [2.05, 4.69) is 5.32 Å². The fourth-order valence-corrected chi connectivity index (χ4v) is 1.71. The minimum absolute atomic E-state index is 0.182. The fourth-order valence-electron chi connectivity index (χ4n) is 1.71. The number of carbonyl (C=O) groups is 3. The van der Waals surface area contributed by atoms with E-state index in [0.29, 0.717) is 25.6 Å². The Balaban J connectivity index is 2.50. The van der Waals surface area contributed by atoms with Crippen LogP contribution in [-0.2, 0) is 14.3 Å². The first kappa shape index (κ1) is 14.6. The molecule has 18 heavy (non-hydrogen) atoms. The number of nitrogens with one attached hydrogen (secondary N) is 1. The highest BCUT2D eigenvalue weighted by atomic mass is 16.5. The molecule has 1 atom stereocenters. The van der Waals surface area contributed by atoms with E-state index in [0.717, 1.165) is 4.90 Å². The summed E-state index contributed by atoms with van der Waals surface area (Å²) in [5.74, 6) is -1.29. The Morgan fingerprint density at radius 3 is 2.56 bits per heavy atom. The van der Waals surface area contributed by atoms with E-state index >= 15 is 0 Å². The molecule has 1 aliphatic heterocycles. The Labute approximate surface area is 107 Å². The van der Waals surface area contributed by atoms with Gasteiger partial charge >= 0.3 is 6.03 Å². The quantitative estimate of drug-likeness (QED) is 0.562. The molecule has 1 aliphatic rings. The number of hydrogen-bond donors (Lipinski definition) is 1. The second-order valence-electron chi connectivity index (χ2n) is 4.71. The predicted octanol–water partition coefficient (Wildman–Crippen LogP) is 0.764. The minimum Gasteiger partial charge on any atom is -0.379 e. The lowest BCUT2D eigenvalue weighted by Crippen LogP contribution is -2.58. The van der Waals surface area contributed by atoms with E-state index in [1.54, 1.807) is 6.92 Å². The van der Waals surface area contributed by atoms with Crippen LogP contribution < -0.4 is 5.32 Å². The molecule has 0 aromatic rings. The molecule has 1 rings (SSSR count). The van der Waals surface area contributed by atoms with Crippen LogP contribution in [0.25, 0.3) is 0 Å². The number of ether oxygens (including phenoxy) is 1. The second-order valence-corrected chi connectivity index (χ2v) is 4.71. The van der Waals surface area contributed by atoms with Crippen molar-refractivity contribution in [3.63, 3.8) is 0 Å². The van der Waals surface area contributed by atoms with Gasteiger partial charge in [0.25, 0.3) is 0 Å².